The molecule has 0 bridgehead atoms. The summed E-state index contributed by atoms with van der Waals surface area (Å²) in [4.78, 5) is 28.3. The molecule has 127 heavy (non-hydrogen) atoms. The summed E-state index contributed by atoms with van der Waals surface area (Å²) in [5.41, 5.74) is 35.0. The predicted octanol–water partition coefficient (Wildman–Crippen LogP) is 29.5. The van der Waals surface area contributed by atoms with E-state index in [0.29, 0.717) is 0 Å². The number of furan rings is 3. The van der Waals surface area contributed by atoms with Crippen LogP contribution in [0.25, 0.3) is 254 Å². The third-order valence-electron chi connectivity index (χ3n) is 25.5. The first-order valence-electron chi connectivity index (χ1n) is 42.6. The number of hydrogen-bond acceptors (Lipinski definition) is 9. The third kappa shape index (κ3) is 11.4. The molecular formula is C114H68N10O3. The van der Waals surface area contributed by atoms with Crippen LogP contribution < -0.4 is 0 Å². The highest BCUT2D eigenvalue weighted by Crippen LogP contribution is 2.48. The van der Waals surface area contributed by atoms with Gasteiger partial charge in [-0.25, -0.2) is 0 Å². The van der Waals surface area contributed by atoms with Crippen LogP contribution in [0, 0.1) is 0 Å². The molecule has 14 aromatic carbocycles. The molecule has 0 saturated carbocycles. The molecule has 0 N–H and O–H groups in total. The first-order chi connectivity index (χ1) is 63.0. The van der Waals surface area contributed by atoms with E-state index in [2.05, 4.69) is 349 Å². The maximum absolute atomic E-state index is 6.88. The zero-order valence-electron chi connectivity index (χ0n) is 68.0. The van der Waals surface area contributed by atoms with Crippen molar-refractivity contribution in [3.05, 3.63) is 414 Å². The number of aromatic nitrogens is 10. The molecule has 0 atom stereocenters. The summed E-state index contributed by atoms with van der Waals surface area (Å²) in [6.07, 6.45) is 15.1. The Morgan fingerprint density at radius 3 is 1.02 bits per heavy atom. The van der Waals surface area contributed by atoms with E-state index in [0.717, 1.165) is 254 Å². The van der Waals surface area contributed by atoms with Crippen LogP contribution in [0.4, 0.5) is 0 Å². The second-order valence-corrected chi connectivity index (χ2v) is 32.4. The van der Waals surface area contributed by atoms with E-state index in [1.165, 1.54) is 0 Å². The number of nitrogens with zero attached hydrogens (tertiary/aromatic N) is 10. The molecule has 0 aliphatic heterocycles. The van der Waals surface area contributed by atoms with Crippen molar-refractivity contribution in [2.75, 3.05) is 0 Å². The molecule has 0 amide bonds. The van der Waals surface area contributed by atoms with Gasteiger partial charge in [0.1, 0.15) is 22.3 Å². The van der Waals surface area contributed by atoms with Gasteiger partial charge in [0.2, 0.25) is 0 Å². The summed E-state index contributed by atoms with van der Waals surface area (Å²) in [6.45, 7) is 0. The number of hydrogen-bond donors (Lipinski definition) is 0. The zero-order valence-corrected chi connectivity index (χ0v) is 68.0. The molecule has 0 saturated heterocycles. The van der Waals surface area contributed by atoms with Gasteiger partial charge in [-0.2, -0.15) is 0 Å². The first-order valence-corrected chi connectivity index (χ1v) is 42.6. The lowest BCUT2D eigenvalue weighted by Gasteiger charge is -2.11. The number of pyridine rings is 6. The molecule has 0 fully saturated rings. The molecule has 13 heteroatoms. The Bertz CT molecular complexity index is 9170. The SMILES string of the molecule is c1ccc(-c2ccccc2-c2ccc3oc4c(-n5c6ccncc6c6cc(-c7ccc8oc9c(-n%10c%11ccncc%11c%11cc(-c%12ccccc%12-c%12ccccn%12)ccc%11%10)cccc9c8c7)ccc65)cccc4c3c2)nc1.c1ccc(-n2c3ccc(-c4ccc5oc6c(-c7ccc8c(c7)c7ncccc7n8-c7ccccc7)cccc6c5c4)cc3c3ncccc32)cc1. The van der Waals surface area contributed by atoms with Crippen molar-refractivity contribution in [3.8, 4) is 101 Å². The lowest BCUT2D eigenvalue weighted by atomic mass is 9.96. The van der Waals surface area contributed by atoms with Gasteiger partial charge in [0.15, 0.2) is 11.2 Å². The van der Waals surface area contributed by atoms with Gasteiger partial charge >= 0.3 is 0 Å². The van der Waals surface area contributed by atoms with Crippen LogP contribution in [-0.4, -0.2) is 48.2 Å². The van der Waals surface area contributed by atoms with Crippen molar-refractivity contribution in [1.82, 2.24) is 48.2 Å². The normalized spacial score (nSPS) is 11.9. The fraction of sp³-hybridized carbons (Fsp3) is 0. The summed E-state index contributed by atoms with van der Waals surface area (Å²) in [5.74, 6) is 0. The summed E-state index contributed by atoms with van der Waals surface area (Å²) < 4.78 is 29.6. The van der Waals surface area contributed by atoms with E-state index in [1.54, 1.807) is 0 Å². The van der Waals surface area contributed by atoms with Crippen molar-refractivity contribution in [1.29, 1.82) is 0 Å². The molecule has 13 nitrogen and oxygen atoms in total. The smallest absolute Gasteiger partial charge is 0.159 e. The number of para-hydroxylation sites is 5. The lowest BCUT2D eigenvalue weighted by Crippen LogP contribution is -1.94. The van der Waals surface area contributed by atoms with Gasteiger partial charge in [0.25, 0.3) is 0 Å². The molecule has 0 unspecified atom stereocenters. The summed E-state index contributed by atoms with van der Waals surface area (Å²) in [7, 11) is 0. The average molecular weight is 1630 g/mol. The van der Waals surface area contributed by atoms with Gasteiger partial charge in [-0.15, -0.1) is 0 Å². The Morgan fingerprint density at radius 2 is 0.535 bits per heavy atom. The molecule has 27 rings (SSSR count). The van der Waals surface area contributed by atoms with Gasteiger partial charge in [-0.05, 0) is 232 Å². The van der Waals surface area contributed by atoms with Crippen LogP contribution in [-0.2, 0) is 0 Å². The molecule has 0 aliphatic carbocycles. The second-order valence-electron chi connectivity index (χ2n) is 32.4. The van der Waals surface area contributed by atoms with E-state index in [-0.39, 0.29) is 0 Å². The topological polar surface area (TPSA) is 136 Å². The summed E-state index contributed by atoms with van der Waals surface area (Å²) >= 11 is 0. The predicted molar refractivity (Wildman–Crippen MR) is 517 cm³/mol. The number of rotatable bonds is 11. The van der Waals surface area contributed by atoms with E-state index >= 15 is 0 Å². The van der Waals surface area contributed by atoms with Crippen molar-refractivity contribution >= 4 is 153 Å². The van der Waals surface area contributed by atoms with Gasteiger partial charge in [-0.3, -0.25) is 29.9 Å². The van der Waals surface area contributed by atoms with Crippen molar-refractivity contribution in [3.63, 3.8) is 0 Å². The lowest BCUT2D eigenvalue weighted by molar-refractivity contribution is 0.666. The van der Waals surface area contributed by atoms with Crippen molar-refractivity contribution in [2.45, 2.75) is 0 Å². The van der Waals surface area contributed by atoms with Gasteiger partial charge < -0.3 is 31.5 Å². The van der Waals surface area contributed by atoms with Crippen LogP contribution in [0.3, 0.4) is 0 Å². The van der Waals surface area contributed by atoms with Gasteiger partial charge in [0.05, 0.1) is 77.9 Å². The maximum Gasteiger partial charge on any atom is 0.159 e. The van der Waals surface area contributed by atoms with Gasteiger partial charge in [0, 0.05) is 142 Å². The zero-order chi connectivity index (χ0) is 83.3. The van der Waals surface area contributed by atoms with Crippen LogP contribution in [0.1, 0.15) is 0 Å². The van der Waals surface area contributed by atoms with E-state index in [9.17, 15) is 0 Å². The standard InChI is InChI=1S/C68H40N6O2.C46H28N4O/c1-3-13-47(57-17-5-7-31-71-57)45(11-1)43-22-26-60-52(37-43)56-40-70-34-30-62(56)74(60)63-19-9-15-49-53-36-42(23-27-65(53)75-67(49)63)41-21-25-59-51(35-41)55-39-69-33-29-61(55)73(59)64-20-10-16-50-54-38-44(24-28-66(54)76-68(50)64)46-12-2-4-14-48(46)58-18-6-8-32-72-58;1-3-10-32(11-4-1)49-39-21-18-29(27-37(39)44-41(49)16-8-24-47-44)30-20-23-43-36(26-30)35-15-7-14-34(46(35)51-43)31-19-22-40-38(28-31)45-42(17-9-25-48-45)50(40)33-12-5-2-6-13-33/h1-40H;1-28H. The Morgan fingerprint density at radius 1 is 0.189 bits per heavy atom. The minimum Gasteiger partial charge on any atom is -0.455 e. The molecule has 0 radical (unpaired) electrons. The minimum absolute atomic E-state index is 0.824. The van der Waals surface area contributed by atoms with Gasteiger partial charge in [-0.1, -0.05) is 182 Å². The highest BCUT2D eigenvalue weighted by atomic mass is 16.3. The van der Waals surface area contributed by atoms with E-state index < -0.39 is 0 Å². The Balaban J connectivity index is 0.000000146. The average Bonchev–Trinajstić information content (AvgIpc) is 1.57. The van der Waals surface area contributed by atoms with E-state index in [4.69, 9.17) is 28.2 Å². The summed E-state index contributed by atoms with van der Waals surface area (Å²) in [6, 6.07) is 128. The van der Waals surface area contributed by atoms with Crippen LogP contribution in [0.2, 0.25) is 0 Å². The molecular weight excluding hydrogens is 1560 g/mol. The van der Waals surface area contributed by atoms with Crippen LogP contribution in [0.15, 0.2) is 427 Å². The maximum atomic E-state index is 6.88. The highest BCUT2D eigenvalue weighted by Gasteiger charge is 2.26. The molecule has 13 heterocycles. The van der Waals surface area contributed by atoms with Crippen LogP contribution in [0.5, 0.6) is 0 Å². The van der Waals surface area contributed by atoms with Crippen molar-refractivity contribution in [2.24, 2.45) is 0 Å². The first kappa shape index (κ1) is 71.3. The quantitative estimate of drug-likeness (QED) is 0.124. The third-order valence-corrected chi connectivity index (χ3v) is 25.5. The fourth-order valence-electron chi connectivity index (χ4n) is 19.8. The monoisotopic (exact) mass is 1620 g/mol. The molecule has 13 aromatic heterocycles. The number of fused-ring (bicyclic) bond motifs is 21. The van der Waals surface area contributed by atoms with Crippen LogP contribution >= 0.6 is 0 Å². The number of benzene rings is 14. The molecule has 0 spiro atoms. The Labute approximate surface area is 724 Å². The second kappa shape index (κ2) is 28.6. The molecule has 592 valence electrons. The Kier molecular flexibility index (Phi) is 16.1. The molecule has 27 aromatic rings. The van der Waals surface area contributed by atoms with E-state index in [1.807, 2.05) is 98.1 Å². The Hall–Kier alpha value is -17.4. The fourth-order valence-corrected chi connectivity index (χ4v) is 19.8. The minimum atomic E-state index is 0.824. The largest absolute Gasteiger partial charge is 0.455 e. The molecule has 0 aliphatic rings. The summed E-state index contributed by atoms with van der Waals surface area (Å²) in [5, 5.41) is 13.0. The highest BCUT2D eigenvalue weighted by molar-refractivity contribution is 6.19. The van der Waals surface area contributed by atoms with Crippen molar-refractivity contribution < 1.29 is 13.3 Å².